The van der Waals surface area contributed by atoms with Gasteiger partial charge in [-0.15, -0.1) is 0 Å². The molecule has 0 radical (unpaired) electrons. The van der Waals surface area contributed by atoms with Gasteiger partial charge in [-0.05, 0) is 38.4 Å². The fourth-order valence-electron chi connectivity index (χ4n) is 4.52. The summed E-state index contributed by atoms with van der Waals surface area (Å²) in [5.74, 6) is 1.15. The van der Waals surface area contributed by atoms with Crippen molar-refractivity contribution in [3.8, 4) is 0 Å². The molecule has 1 saturated carbocycles. The highest BCUT2D eigenvalue weighted by atomic mass is 32.2. The van der Waals surface area contributed by atoms with Crippen molar-refractivity contribution in [1.82, 2.24) is 14.7 Å². The van der Waals surface area contributed by atoms with E-state index in [1.54, 1.807) is 0 Å². The number of piperazine rings is 1. The molecule has 0 N–H and O–H groups in total. The van der Waals surface area contributed by atoms with Crippen LogP contribution in [-0.4, -0.2) is 72.3 Å². The first-order chi connectivity index (χ1) is 12.3. The van der Waals surface area contributed by atoms with Crippen LogP contribution in [0.25, 0.3) is 0 Å². The van der Waals surface area contributed by atoms with Gasteiger partial charge in [0.15, 0.2) is 5.09 Å². The predicted octanol–water partition coefficient (Wildman–Crippen LogP) is 3.53. The van der Waals surface area contributed by atoms with Crippen molar-refractivity contribution in [2.24, 2.45) is 0 Å². The van der Waals surface area contributed by atoms with Crippen LogP contribution >= 0.6 is 11.8 Å². The lowest BCUT2D eigenvalue weighted by molar-refractivity contribution is 0.112. The van der Waals surface area contributed by atoms with Crippen LogP contribution in [0.5, 0.6) is 0 Å². The average Bonchev–Trinajstić information content (AvgIpc) is 3.27. The molecule has 1 aromatic heterocycles. The molecule has 2 saturated heterocycles. The van der Waals surface area contributed by atoms with Crippen molar-refractivity contribution in [2.75, 3.05) is 46.3 Å². The van der Waals surface area contributed by atoms with E-state index in [1.807, 2.05) is 11.8 Å². The highest BCUT2D eigenvalue weighted by Crippen LogP contribution is 2.34. The maximum absolute atomic E-state index is 6.14. The van der Waals surface area contributed by atoms with Gasteiger partial charge in [-0.2, -0.15) is 0 Å². The van der Waals surface area contributed by atoms with Gasteiger partial charge in [-0.1, -0.05) is 31.0 Å². The second kappa shape index (κ2) is 8.47. The monoisotopic (exact) mass is 363 g/mol. The number of thioether (sulfide) groups is 1. The van der Waals surface area contributed by atoms with Crippen molar-refractivity contribution < 1.29 is 4.42 Å². The summed E-state index contributed by atoms with van der Waals surface area (Å²) < 4.78 is 6.14. The van der Waals surface area contributed by atoms with Crippen molar-refractivity contribution in [1.29, 1.82) is 0 Å². The second-order valence-electron chi connectivity index (χ2n) is 8.12. The summed E-state index contributed by atoms with van der Waals surface area (Å²) in [7, 11) is 2.23. The van der Waals surface area contributed by atoms with Crippen LogP contribution in [0.2, 0.25) is 0 Å². The van der Waals surface area contributed by atoms with E-state index in [0.29, 0.717) is 0 Å². The molecular weight excluding hydrogens is 330 g/mol. The molecule has 1 aromatic rings. The van der Waals surface area contributed by atoms with Crippen molar-refractivity contribution in [3.05, 3.63) is 17.9 Å². The van der Waals surface area contributed by atoms with E-state index in [0.717, 1.165) is 28.7 Å². The molecule has 3 fully saturated rings. The molecule has 0 bridgehead atoms. The van der Waals surface area contributed by atoms with E-state index < -0.39 is 0 Å². The topological polar surface area (TPSA) is 22.9 Å². The first-order valence-electron chi connectivity index (χ1n) is 10.2. The molecule has 1 aliphatic carbocycles. The van der Waals surface area contributed by atoms with Crippen LogP contribution in [0.1, 0.15) is 44.3 Å². The summed E-state index contributed by atoms with van der Waals surface area (Å²) >= 11 is 1.97. The number of hydrogen-bond donors (Lipinski definition) is 0. The fourth-order valence-corrected chi connectivity index (χ4v) is 5.71. The molecule has 5 heteroatoms. The Kier molecular flexibility index (Phi) is 6.06. The van der Waals surface area contributed by atoms with E-state index in [1.165, 1.54) is 77.8 Å². The first kappa shape index (κ1) is 17.9. The number of nitrogens with zero attached hydrogens (tertiary/aromatic N) is 3. The van der Waals surface area contributed by atoms with Gasteiger partial charge in [-0.25, -0.2) is 0 Å². The minimum Gasteiger partial charge on any atom is -0.454 e. The molecular formula is C20H33N3OS. The van der Waals surface area contributed by atoms with E-state index in [-0.39, 0.29) is 0 Å². The molecule has 0 amide bonds. The standard InChI is InChI=1S/C20H33N3OS/c1-21-11-13-23(14-12-21)17-9-10-22(15-17)16-18-7-8-20(24-18)25-19-5-3-2-4-6-19/h7-8,17,19H,2-6,9-16H2,1H3/t17-/m1/s1. The van der Waals surface area contributed by atoms with Crippen LogP contribution in [0.15, 0.2) is 21.6 Å². The van der Waals surface area contributed by atoms with Gasteiger partial charge in [0.25, 0.3) is 0 Å². The Morgan fingerprint density at radius 2 is 1.80 bits per heavy atom. The van der Waals surface area contributed by atoms with Crippen LogP contribution in [0.3, 0.4) is 0 Å². The van der Waals surface area contributed by atoms with Gasteiger partial charge in [0.05, 0.1) is 6.54 Å². The summed E-state index contributed by atoms with van der Waals surface area (Å²) in [5, 5.41) is 1.91. The fraction of sp³-hybridized carbons (Fsp3) is 0.800. The molecule has 2 aliphatic heterocycles. The quantitative estimate of drug-likeness (QED) is 0.796. The van der Waals surface area contributed by atoms with Gasteiger partial charge in [0, 0.05) is 50.6 Å². The van der Waals surface area contributed by atoms with E-state index in [2.05, 4.69) is 33.9 Å². The summed E-state index contributed by atoms with van der Waals surface area (Å²) in [5.41, 5.74) is 0. The molecule has 1 atom stereocenters. The average molecular weight is 364 g/mol. The summed E-state index contributed by atoms with van der Waals surface area (Å²) in [6, 6.07) is 5.15. The molecule has 3 heterocycles. The summed E-state index contributed by atoms with van der Waals surface area (Å²) in [6.45, 7) is 8.30. The van der Waals surface area contributed by atoms with Gasteiger partial charge >= 0.3 is 0 Å². The minimum absolute atomic E-state index is 0.750. The van der Waals surface area contributed by atoms with Crippen LogP contribution in [0.4, 0.5) is 0 Å². The van der Waals surface area contributed by atoms with Crippen LogP contribution in [-0.2, 0) is 6.54 Å². The van der Waals surface area contributed by atoms with Gasteiger partial charge < -0.3 is 9.32 Å². The number of hydrogen-bond acceptors (Lipinski definition) is 5. The maximum atomic E-state index is 6.14. The Labute approximate surface area is 156 Å². The number of likely N-dealkylation sites (tertiary alicyclic amines) is 1. The summed E-state index contributed by atoms with van der Waals surface area (Å²) in [6.07, 6.45) is 8.25. The lowest BCUT2D eigenvalue weighted by Gasteiger charge is -2.36. The lowest BCUT2D eigenvalue weighted by atomic mass is 10.0. The zero-order valence-corrected chi connectivity index (χ0v) is 16.5. The maximum Gasteiger partial charge on any atom is 0.160 e. The Hall–Kier alpha value is -0.490. The normalized spacial score (nSPS) is 28.0. The Morgan fingerprint density at radius 3 is 2.60 bits per heavy atom. The molecule has 0 spiro atoms. The largest absolute Gasteiger partial charge is 0.454 e. The smallest absolute Gasteiger partial charge is 0.160 e. The predicted molar refractivity (Wildman–Crippen MR) is 104 cm³/mol. The van der Waals surface area contributed by atoms with Crippen LogP contribution in [0, 0.1) is 0 Å². The third kappa shape index (κ3) is 4.82. The highest BCUT2D eigenvalue weighted by molar-refractivity contribution is 7.99. The van der Waals surface area contributed by atoms with Crippen LogP contribution < -0.4 is 0 Å². The van der Waals surface area contributed by atoms with Crippen molar-refractivity contribution in [2.45, 2.75) is 61.5 Å². The Balaban J connectivity index is 1.24. The SMILES string of the molecule is CN1CCN([C@@H]2CCN(Cc3ccc(SC4CCCCC4)o3)C2)CC1. The zero-order chi connectivity index (χ0) is 17.1. The van der Waals surface area contributed by atoms with Crippen molar-refractivity contribution in [3.63, 3.8) is 0 Å². The van der Waals surface area contributed by atoms with E-state index in [9.17, 15) is 0 Å². The number of rotatable bonds is 5. The second-order valence-corrected chi connectivity index (χ2v) is 9.42. The third-order valence-electron chi connectivity index (χ3n) is 6.15. The Morgan fingerprint density at radius 1 is 1.00 bits per heavy atom. The minimum atomic E-state index is 0.750. The van der Waals surface area contributed by atoms with Gasteiger partial charge in [-0.3, -0.25) is 9.80 Å². The highest BCUT2D eigenvalue weighted by Gasteiger charge is 2.29. The first-order valence-corrected chi connectivity index (χ1v) is 11.0. The molecule has 3 aliphatic rings. The van der Waals surface area contributed by atoms with Gasteiger partial charge in [0.2, 0.25) is 0 Å². The summed E-state index contributed by atoms with van der Waals surface area (Å²) in [4.78, 5) is 7.72. The zero-order valence-electron chi connectivity index (χ0n) is 15.7. The van der Waals surface area contributed by atoms with Crippen molar-refractivity contribution >= 4 is 11.8 Å². The van der Waals surface area contributed by atoms with Gasteiger partial charge in [0.1, 0.15) is 5.76 Å². The van der Waals surface area contributed by atoms with E-state index in [4.69, 9.17) is 4.42 Å². The molecule has 25 heavy (non-hydrogen) atoms. The molecule has 4 nitrogen and oxygen atoms in total. The number of likely N-dealkylation sites (N-methyl/N-ethyl adjacent to an activating group) is 1. The Bertz CT molecular complexity index is 535. The number of furan rings is 1. The third-order valence-corrected chi connectivity index (χ3v) is 7.41. The van der Waals surface area contributed by atoms with E-state index >= 15 is 0 Å². The molecule has 4 rings (SSSR count). The lowest BCUT2D eigenvalue weighted by Crippen LogP contribution is -2.49. The molecule has 0 unspecified atom stereocenters. The molecule has 140 valence electrons. The molecule has 0 aromatic carbocycles.